The summed E-state index contributed by atoms with van der Waals surface area (Å²) in [5.74, 6) is 1.18. The van der Waals surface area contributed by atoms with Crippen LogP contribution in [0.3, 0.4) is 0 Å². The lowest BCUT2D eigenvalue weighted by Gasteiger charge is -2.42. The van der Waals surface area contributed by atoms with Gasteiger partial charge in [0.2, 0.25) is 5.95 Å². The van der Waals surface area contributed by atoms with Gasteiger partial charge in [-0.2, -0.15) is 0 Å². The molecule has 39 heavy (non-hydrogen) atoms. The SMILES string of the molecule is COCn1c(CCCO[Si](C(C)C)(C(C)C)C(C)C)nc(-c2ccc3ccccc3c2)c1-c1ccnc(N)n1. The zero-order valence-electron chi connectivity index (χ0n) is 24.4. The van der Waals surface area contributed by atoms with Gasteiger partial charge in [-0.05, 0) is 45.9 Å². The Labute approximate surface area is 233 Å². The Bertz CT molecular complexity index is 1380. The van der Waals surface area contributed by atoms with E-state index < -0.39 is 8.32 Å². The highest BCUT2D eigenvalue weighted by molar-refractivity contribution is 6.77. The molecule has 0 atom stereocenters. The first-order chi connectivity index (χ1) is 18.7. The molecule has 2 N–H and O–H groups in total. The van der Waals surface area contributed by atoms with E-state index in [2.05, 4.69) is 98.5 Å². The molecule has 0 amide bonds. The molecule has 0 fully saturated rings. The van der Waals surface area contributed by atoms with Gasteiger partial charge in [0, 0.05) is 31.9 Å². The summed E-state index contributed by atoms with van der Waals surface area (Å²) in [7, 11) is -0.218. The summed E-state index contributed by atoms with van der Waals surface area (Å²) >= 11 is 0. The number of methoxy groups -OCH3 is 1. The summed E-state index contributed by atoms with van der Waals surface area (Å²) in [6.07, 6.45) is 3.33. The van der Waals surface area contributed by atoms with Gasteiger partial charge in [0.25, 0.3) is 0 Å². The molecule has 4 aromatic rings. The summed E-state index contributed by atoms with van der Waals surface area (Å²) < 4.78 is 14.6. The Morgan fingerprint density at radius 1 is 0.897 bits per heavy atom. The molecule has 8 heteroatoms. The zero-order chi connectivity index (χ0) is 28.2. The van der Waals surface area contributed by atoms with Crippen LogP contribution >= 0.6 is 0 Å². The molecule has 2 aromatic heterocycles. The molecule has 0 aliphatic rings. The molecule has 0 aliphatic carbocycles. The first-order valence-electron chi connectivity index (χ1n) is 14.0. The number of nitrogens with zero attached hydrogens (tertiary/aromatic N) is 4. The number of fused-ring (bicyclic) bond motifs is 1. The van der Waals surface area contributed by atoms with Crippen LogP contribution in [-0.4, -0.2) is 41.6 Å². The Morgan fingerprint density at radius 2 is 1.59 bits per heavy atom. The Morgan fingerprint density at radius 3 is 2.23 bits per heavy atom. The van der Waals surface area contributed by atoms with Crippen molar-refractivity contribution in [2.75, 3.05) is 19.5 Å². The predicted octanol–water partition coefficient (Wildman–Crippen LogP) is 7.47. The van der Waals surface area contributed by atoms with Crippen molar-refractivity contribution in [1.29, 1.82) is 0 Å². The number of nitrogen functional groups attached to an aromatic ring is 1. The average Bonchev–Trinajstić information content (AvgIpc) is 3.26. The lowest BCUT2D eigenvalue weighted by molar-refractivity contribution is 0.129. The van der Waals surface area contributed by atoms with Crippen molar-refractivity contribution in [3.63, 3.8) is 0 Å². The molecular weight excluding hydrogens is 502 g/mol. The fraction of sp³-hybridized carbons (Fsp3) is 0.452. The molecule has 2 heterocycles. The fourth-order valence-electron chi connectivity index (χ4n) is 6.24. The first kappa shape index (κ1) is 28.9. The van der Waals surface area contributed by atoms with E-state index in [0.29, 0.717) is 23.4 Å². The average molecular weight is 546 g/mol. The standard InChI is InChI=1S/C31H43N5O2Si/c1-21(2)39(22(3)4,23(5)6)38-18-10-13-28-35-29(26-15-14-24-11-8-9-12-25(24)19-26)30(36(28)20-37-7)27-16-17-33-31(32)34-27/h8-9,11-12,14-17,19,21-23H,10,13,18,20H2,1-7H3,(H2,32,33,34). The van der Waals surface area contributed by atoms with E-state index in [1.165, 1.54) is 5.39 Å². The van der Waals surface area contributed by atoms with Crippen LogP contribution in [0, 0.1) is 0 Å². The molecule has 2 aromatic carbocycles. The first-order valence-corrected chi connectivity index (χ1v) is 16.1. The van der Waals surface area contributed by atoms with Gasteiger partial charge in [-0.3, -0.25) is 0 Å². The van der Waals surface area contributed by atoms with E-state index >= 15 is 0 Å². The minimum atomic E-state index is -1.92. The molecule has 0 saturated carbocycles. The Balaban J connectivity index is 1.72. The van der Waals surface area contributed by atoms with Gasteiger partial charge < -0.3 is 19.5 Å². The van der Waals surface area contributed by atoms with Gasteiger partial charge in [-0.1, -0.05) is 77.9 Å². The number of rotatable bonds is 12. The second-order valence-electron chi connectivity index (χ2n) is 11.2. The Hall–Kier alpha value is -3.07. The van der Waals surface area contributed by atoms with Crippen LogP contribution in [0.15, 0.2) is 54.7 Å². The minimum absolute atomic E-state index is 0.231. The third kappa shape index (κ3) is 5.93. The number of hydrogen-bond donors (Lipinski definition) is 1. The van der Waals surface area contributed by atoms with E-state index in [9.17, 15) is 0 Å². The van der Waals surface area contributed by atoms with Gasteiger partial charge in [0.1, 0.15) is 12.6 Å². The number of hydrogen-bond acceptors (Lipinski definition) is 6. The lowest BCUT2D eigenvalue weighted by Crippen LogP contribution is -2.48. The highest BCUT2D eigenvalue weighted by atomic mass is 28.4. The molecule has 0 saturated heterocycles. The normalized spacial score (nSPS) is 12.4. The van der Waals surface area contributed by atoms with E-state index in [4.69, 9.17) is 19.9 Å². The highest BCUT2D eigenvalue weighted by Crippen LogP contribution is 2.42. The highest BCUT2D eigenvalue weighted by Gasteiger charge is 2.44. The molecule has 0 aliphatic heterocycles. The Kier molecular flexibility index (Phi) is 9.20. The van der Waals surface area contributed by atoms with Crippen LogP contribution < -0.4 is 5.73 Å². The molecule has 0 bridgehead atoms. The van der Waals surface area contributed by atoms with Crippen molar-refractivity contribution >= 4 is 25.0 Å². The van der Waals surface area contributed by atoms with Crippen LogP contribution in [0.25, 0.3) is 33.4 Å². The third-order valence-electron chi connectivity index (χ3n) is 7.85. The van der Waals surface area contributed by atoms with Crippen molar-refractivity contribution in [2.24, 2.45) is 0 Å². The fourth-order valence-corrected chi connectivity index (χ4v) is 11.7. The topological polar surface area (TPSA) is 88.1 Å². The molecule has 0 spiro atoms. The van der Waals surface area contributed by atoms with Gasteiger partial charge >= 0.3 is 0 Å². The maximum Gasteiger partial charge on any atom is 0.220 e. The zero-order valence-corrected chi connectivity index (χ0v) is 25.4. The summed E-state index contributed by atoms with van der Waals surface area (Å²) in [6, 6.07) is 16.7. The maximum atomic E-state index is 6.84. The molecule has 0 radical (unpaired) electrons. The summed E-state index contributed by atoms with van der Waals surface area (Å²) in [4.78, 5) is 13.9. The number of ether oxygens (including phenoxy) is 1. The van der Waals surface area contributed by atoms with Gasteiger partial charge in [-0.15, -0.1) is 0 Å². The second kappa shape index (κ2) is 12.4. The van der Waals surface area contributed by atoms with Gasteiger partial charge in [0.05, 0.1) is 17.1 Å². The van der Waals surface area contributed by atoms with Crippen molar-refractivity contribution in [3.8, 4) is 22.6 Å². The maximum absolute atomic E-state index is 6.84. The number of anilines is 1. The number of aromatic nitrogens is 4. The van der Waals surface area contributed by atoms with E-state index in [-0.39, 0.29) is 5.95 Å². The largest absolute Gasteiger partial charge is 0.416 e. The van der Waals surface area contributed by atoms with Gasteiger partial charge in [0.15, 0.2) is 8.32 Å². The second-order valence-corrected chi connectivity index (χ2v) is 16.7. The van der Waals surface area contributed by atoms with Gasteiger partial charge in [-0.25, -0.2) is 15.0 Å². The van der Waals surface area contributed by atoms with Crippen molar-refractivity contribution in [3.05, 3.63) is 60.6 Å². The quantitative estimate of drug-likeness (QED) is 0.147. The van der Waals surface area contributed by atoms with Crippen LogP contribution in [-0.2, 0) is 22.3 Å². The van der Waals surface area contributed by atoms with Crippen LogP contribution in [0.4, 0.5) is 5.95 Å². The van der Waals surface area contributed by atoms with Crippen molar-refractivity contribution in [1.82, 2.24) is 19.5 Å². The number of nitrogens with two attached hydrogens (primary N) is 1. The minimum Gasteiger partial charge on any atom is -0.416 e. The summed E-state index contributed by atoms with van der Waals surface area (Å²) in [5.41, 5.74) is 11.2. The monoisotopic (exact) mass is 545 g/mol. The lowest BCUT2D eigenvalue weighted by atomic mass is 10.0. The molecule has 4 rings (SSSR count). The van der Waals surface area contributed by atoms with Crippen LogP contribution in [0.2, 0.25) is 16.6 Å². The van der Waals surface area contributed by atoms with Crippen molar-refractivity contribution < 1.29 is 9.16 Å². The smallest absolute Gasteiger partial charge is 0.220 e. The van der Waals surface area contributed by atoms with E-state index in [1.807, 2.05) is 6.07 Å². The van der Waals surface area contributed by atoms with Crippen LogP contribution in [0.5, 0.6) is 0 Å². The molecule has 0 unspecified atom stereocenters. The van der Waals surface area contributed by atoms with E-state index in [1.54, 1.807) is 13.3 Å². The van der Waals surface area contributed by atoms with E-state index in [0.717, 1.165) is 53.3 Å². The molecule has 208 valence electrons. The summed E-state index contributed by atoms with van der Waals surface area (Å²) in [5, 5.41) is 2.35. The van der Waals surface area contributed by atoms with Crippen LogP contribution in [0.1, 0.15) is 53.8 Å². The molecule has 7 nitrogen and oxygen atoms in total. The third-order valence-corrected chi connectivity index (χ3v) is 14.0. The number of aryl methyl sites for hydroxylation is 1. The molecular formula is C31H43N5O2Si. The predicted molar refractivity (Wildman–Crippen MR) is 163 cm³/mol. The number of benzene rings is 2. The number of imidazole rings is 1. The summed E-state index contributed by atoms with van der Waals surface area (Å²) in [6.45, 7) is 15.0. The van der Waals surface area contributed by atoms with Crippen molar-refractivity contribution in [2.45, 2.75) is 77.7 Å².